The van der Waals surface area contributed by atoms with E-state index in [1.165, 1.54) is 0 Å². The molecule has 6 nitrogen and oxygen atoms in total. The summed E-state index contributed by atoms with van der Waals surface area (Å²) in [5.74, 6) is 1.00. The summed E-state index contributed by atoms with van der Waals surface area (Å²) < 4.78 is 11.4. The minimum atomic E-state index is -0.603. The van der Waals surface area contributed by atoms with Gasteiger partial charge < -0.3 is 19.7 Å². The highest BCUT2D eigenvalue weighted by Gasteiger charge is 2.30. The van der Waals surface area contributed by atoms with Gasteiger partial charge in [-0.2, -0.15) is 0 Å². The van der Waals surface area contributed by atoms with Gasteiger partial charge in [0.05, 0.1) is 7.11 Å². The molecule has 0 aliphatic heterocycles. The maximum Gasteiger partial charge on any atom is 0.261 e. The smallest absolute Gasteiger partial charge is 0.261 e. The van der Waals surface area contributed by atoms with Gasteiger partial charge in [-0.1, -0.05) is 65.0 Å². The monoisotopic (exact) mass is 468 g/mol. The van der Waals surface area contributed by atoms with Crippen molar-refractivity contribution in [3.63, 3.8) is 0 Å². The van der Waals surface area contributed by atoms with E-state index in [1.807, 2.05) is 69.3 Å². The Balaban J connectivity index is 2.30. The summed E-state index contributed by atoms with van der Waals surface area (Å²) in [6.45, 7) is 12.4. The number of para-hydroxylation sites is 1. The molecule has 0 fully saturated rings. The van der Waals surface area contributed by atoms with E-state index < -0.39 is 6.04 Å². The SMILES string of the molecule is CC[C@H](C)NC(=O)[C@H](CC)N(Cc1cccc(OC)c1)C(=O)COc1ccccc1C(C)(C)C. The van der Waals surface area contributed by atoms with Crippen molar-refractivity contribution in [3.05, 3.63) is 59.7 Å². The second-order valence-corrected chi connectivity index (χ2v) is 9.65. The molecule has 0 aliphatic rings. The molecular formula is C28H40N2O4. The highest BCUT2D eigenvalue weighted by atomic mass is 16.5. The van der Waals surface area contributed by atoms with Gasteiger partial charge in [0.25, 0.3) is 5.91 Å². The summed E-state index contributed by atoms with van der Waals surface area (Å²) in [5.41, 5.74) is 1.79. The van der Waals surface area contributed by atoms with Crippen LogP contribution in [0, 0.1) is 0 Å². The number of hydrogen-bond acceptors (Lipinski definition) is 4. The largest absolute Gasteiger partial charge is 0.497 e. The molecule has 2 rings (SSSR count). The number of rotatable bonds is 11. The van der Waals surface area contributed by atoms with Crippen LogP contribution in [0.25, 0.3) is 0 Å². The van der Waals surface area contributed by atoms with Crippen molar-refractivity contribution in [1.29, 1.82) is 0 Å². The van der Waals surface area contributed by atoms with Gasteiger partial charge in [0.1, 0.15) is 17.5 Å². The average Bonchev–Trinajstić information content (AvgIpc) is 2.81. The first-order valence-electron chi connectivity index (χ1n) is 12.1. The first-order valence-corrected chi connectivity index (χ1v) is 12.1. The Kier molecular flexibility index (Phi) is 9.97. The van der Waals surface area contributed by atoms with Crippen molar-refractivity contribution in [2.45, 2.75) is 78.4 Å². The van der Waals surface area contributed by atoms with Gasteiger partial charge >= 0.3 is 0 Å². The maximum absolute atomic E-state index is 13.5. The molecule has 0 saturated carbocycles. The van der Waals surface area contributed by atoms with E-state index in [0.717, 1.165) is 17.5 Å². The van der Waals surface area contributed by atoms with E-state index in [4.69, 9.17) is 9.47 Å². The number of hydrogen-bond donors (Lipinski definition) is 1. The third-order valence-corrected chi connectivity index (χ3v) is 5.92. The molecule has 34 heavy (non-hydrogen) atoms. The Bertz CT molecular complexity index is 951. The molecule has 2 atom stereocenters. The van der Waals surface area contributed by atoms with Crippen molar-refractivity contribution < 1.29 is 19.1 Å². The van der Waals surface area contributed by atoms with Gasteiger partial charge in [-0.3, -0.25) is 9.59 Å². The van der Waals surface area contributed by atoms with Gasteiger partial charge in [-0.25, -0.2) is 0 Å². The van der Waals surface area contributed by atoms with Crippen molar-refractivity contribution in [1.82, 2.24) is 10.2 Å². The van der Waals surface area contributed by atoms with Crippen LogP contribution in [-0.4, -0.2) is 42.5 Å². The number of nitrogens with zero attached hydrogens (tertiary/aromatic N) is 1. The number of benzene rings is 2. The first kappa shape index (κ1) is 27.2. The van der Waals surface area contributed by atoms with Crippen LogP contribution in [-0.2, 0) is 21.5 Å². The molecule has 2 aromatic carbocycles. The molecule has 2 aromatic rings. The summed E-state index contributed by atoms with van der Waals surface area (Å²) in [4.78, 5) is 28.2. The van der Waals surface area contributed by atoms with Crippen molar-refractivity contribution >= 4 is 11.8 Å². The lowest BCUT2D eigenvalue weighted by molar-refractivity contribution is -0.143. The predicted molar refractivity (Wildman–Crippen MR) is 136 cm³/mol. The lowest BCUT2D eigenvalue weighted by atomic mass is 9.86. The van der Waals surface area contributed by atoms with Crippen molar-refractivity contribution in [2.75, 3.05) is 13.7 Å². The van der Waals surface area contributed by atoms with Crippen LogP contribution in [0.4, 0.5) is 0 Å². The molecule has 0 unspecified atom stereocenters. The minimum Gasteiger partial charge on any atom is -0.497 e. The van der Waals surface area contributed by atoms with E-state index in [0.29, 0.717) is 17.9 Å². The number of amides is 2. The van der Waals surface area contributed by atoms with Gasteiger partial charge in [0.15, 0.2) is 6.61 Å². The molecule has 2 amide bonds. The summed E-state index contributed by atoms with van der Waals surface area (Å²) in [6.07, 6.45) is 1.31. The highest BCUT2D eigenvalue weighted by Crippen LogP contribution is 2.31. The molecule has 0 aliphatic carbocycles. The highest BCUT2D eigenvalue weighted by molar-refractivity contribution is 5.88. The molecule has 0 radical (unpaired) electrons. The number of nitrogens with one attached hydrogen (secondary N) is 1. The normalized spacial score (nSPS) is 13.0. The van der Waals surface area contributed by atoms with Crippen molar-refractivity contribution in [2.24, 2.45) is 0 Å². The molecule has 0 bridgehead atoms. The van der Waals surface area contributed by atoms with E-state index in [1.54, 1.807) is 12.0 Å². The first-order chi connectivity index (χ1) is 16.1. The van der Waals surface area contributed by atoms with Crippen LogP contribution in [0.15, 0.2) is 48.5 Å². The van der Waals surface area contributed by atoms with Gasteiger partial charge in [0.2, 0.25) is 5.91 Å². The predicted octanol–water partition coefficient (Wildman–Crippen LogP) is 5.09. The van der Waals surface area contributed by atoms with Crippen LogP contribution in [0.2, 0.25) is 0 Å². The topological polar surface area (TPSA) is 67.9 Å². The lowest BCUT2D eigenvalue weighted by Gasteiger charge is -2.31. The maximum atomic E-state index is 13.5. The fraction of sp³-hybridized carbons (Fsp3) is 0.500. The zero-order valence-corrected chi connectivity index (χ0v) is 21.7. The molecule has 0 spiro atoms. The van der Waals surface area contributed by atoms with Crippen LogP contribution in [0.5, 0.6) is 11.5 Å². The molecule has 0 aromatic heterocycles. The minimum absolute atomic E-state index is 0.0326. The van der Waals surface area contributed by atoms with Crippen LogP contribution in [0.1, 0.15) is 65.5 Å². The Morgan fingerprint density at radius 2 is 1.74 bits per heavy atom. The average molecular weight is 469 g/mol. The lowest BCUT2D eigenvalue weighted by Crippen LogP contribution is -2.51. The molecule has 186 valence electrons. The third-order valence-electron chi connectivity index (χ3n) is 5.92. The summed E-state index contributed by atoms with van der Waals surface area (Å²) in [7, 11) is 1.61. The summed E-state index contributed by atoms with van der Waals surface area (Å²) >= 11 is 0. The van der Waals surface area contributed by atoms with Crippen LogP contribution in [0.3, 0.4) is 0 Å². The Hall–Kier alpha value is -3.02. The summed E-state index contributed by atoms with van der Waals surface area (Å²) in [5, 5.41) is 3.03. The fourth-order valence-corrected chi connectivity index (χ4v) is 3.76. The molecule has 0 heterocycles. The Morgan fingerprint density at radius 3 is 2.35 bits per heavy atom. The van der Waals surface area contributed by atoms with E-state index in [9.17, 15) is 9.59 Å². The number of carbonyl (C=O) groups excluding carboxylic acids is 2. The zero-order valence-electron chi connectivity index (χ0n) is 21.7. The molecule has 0 saturated heterocycles. The van der Waals surface area contributed by atoms with E-state index in [-0.39, 0.29) is 36.4 Å². The van der Waals surface area contributed by atoms with Crippen LogP contribution < -0.4 is 14.8 Å². The standard InChI is InChI=1S/C28H40N2O4/c1-8-20(3)29-27(32)24(9-2)30(18-21-13-12-14-22(17-21)33-7)26(31)19-34-25-16-11-10-15-23(25)28(4,5)6/h10-17,20,24H,8-9,18-19H2,1-7H3,(H,29,32)/t20-,24-/m0/s1. The van der Waals surface area contributed by atoms with Gasteiger partial charge in [-0.05, 0) is 54.5 Å². The van der Waals surface area contributed by atoms with E-state index in [2.05, 4.69) is 26.1 Å². The zero-order chi connectivity index (χ0) is 25.3. The molecule has 6 heteroatoms. The van der Waals surface area contributed by atoms with Crippen LogP contribution >= 0.6 is 0 Å². The second-order valence-electron chi connectivity index (χ2n) is 9.65. The summed E-state index contributed by atoms with van der Waals surface area (Å²) in [6, 6.07) is 14.7. The number of carbonyl (C=O) groups is 2. The van der Waals surface area contributed by atoms with Gasteiger partial charge in [0, 0.05) is 12.6 Å². The Labute approximate surface area is 204 Å². The second kappa shape index (κ2) is 12.4. The quantitative estimate of drug-likeness (QED) is 0.499. The van der Waals surface area contributed by atoms with Crippen molar-refractivity contribution in [3.8, 4) is 11.5 Å². The van der Waals surface area contributed by atoms with Gasteiger partial charge in [-0.15, -0.1) is 0 Å². The number of methoxy groups -OCH3 is 1. The fourth-order valence-electron chi connectivity index (χ4n) is 3.76. The number of ether oxygens (including phenoxy) is 2. The molecular weight excluding hydrogens is 428 g/mol. The molecule has 1 N–H and O–H groups in total. The Morgan fingerprint density at radius 1 is 1.03 bits per heavy atom. The third kappa shape index (κ3) is 7.51. The van der Waals surface area contributed by atoms with E-state index >= 15 is 0 Å².